The van der Waals surface area contributed by atoms with Gasteiger partial charge in [-0.25, -0.2) is 0 Å². The van der Waals surface area contributed by atoms with Gasteiger partial charge in [0.1, 0.15) is 0 Å². The van der Waals surface area contributed by atoms with Gasteiger partial charge in [-0.2, -0.15) is 26.3 Å². The zero-order valence-corrected chi connectivity index (χ0v) is 27.8. The lowest BCUT2D eigenvalue weighted by Crippen LogP contribution is -2.48. The fourth-order valence-corrected chi connectivity index (χ4v) is 7.90. The van der Waals surface area contributed by atoms with Crippen molar-refractivity contribution in [2.75, 3.05) is 53.5 Å². The Hall–Kier alpha value is -2.83. The van der Waals surface area contributed by atoms with Crippen molar-refractivity contribution in [2.45, 2.75) is 94.1 Å². The number of carbonyl (C=O) groups excluding carboxylic acids is 1. The van der Waals surface area contributed by atoms with Crippen LogP contribution in [0.4, 0.5) is 26.3 Å². The van der Waals surface area contributed by atoms with Crippen LogP contribution in [0.2, 0.25) is 0 Å². The van der Waals surface area contributed by atoms with E-state index in [4.69, 9.17) is 9.47 Å². The van der Waals surface area contributed by atoms with Gasteiger partial charge in [0.15, 0.2) is 17.3 Å². The molecule has 2 aromatic carbocycles. The van der Waals surface area contributed by atoms with Gasteiger partial charge in [-0.1, -0.05) is 12.5 Å². The van der Waals surface area contributed by atoms with Crippen LogP contribution >= 0.6 is 0 Å². The summed E-state index contributed by atoms with van der Waals surface area (Å²) >= 11 is 0. The number of hydrogen-bond acceptors (Lipinski definition) is 6. The van der Waals surface area contributed by atoms with Crippen molar-refractivity contribution in [2.24, 2.45) is 0 Å². The van der Waals surface area contributed by atoms with E-state index in [1.54, 1.807) is 14.2 Å². The number of methoxy groups -OCH3 is 2. The second kappa shape index (κ2) is 15.4. The van der Waals surface area contributed by atoms with Crippen LogP contribution in [-0.4, -0.2) is 81.2 Å². The minimum Gasteiger partial charge on any atom is -0.493 e. The highest BCUT2D eigenvalue weighted by atomic mass is 19.4. The van der Waals surface area contributed by atoms with E-state index in [2.05, 4.69) is 15.1 Å². The average Bonchev–Trinajstić information content (AvgIpc) is 3.30. The number of Topliss-reactive ketones (excluding diaryl/α,β-unsaturated/α-hetero) is 1. The van der Waals surface area contributed by atoms with Crippen LogP contribution in [0.1, 0.15) is 80.0 Å². The molecule has 0 aliphatic carbocycles. The molecule has 3 aliphatic rings. The second-order valence-corrected chi connectivity index (χ2v) is 13.6. The molecule has 2 unspecified atom stereocenters. The van der Waals surface area contributed by atoms with Gasteiger partial charge in [0.2, 0.25) is 0 Å². The monoisotopic (exact) mass is 683 g/mol. The number of likely N-dealkylation sites (tertiary alicyclic amines) is 2. The summed E-state index contributed by atoms with van der Waals surface area (Å²) in [5.41, 5.74) is -2.65. The maximum atomic E-state index is 13.8. The number of ketones is 1. The molecule has 5 rings (SSSR count). The number of piperidine rings is 2. The third kappa shape index (κ3) is 8.84. The van der Waals surface area contributed by atoms with Crippen molar-refractivity contribution in [1.29, 1.82) is 0 Å². The van der Waals surface area contributed by atoms with Gasteiger partial charge in [-0.05, 0) is 138 Å². The number of halogens is 6. The van der Waals surface area contributed by atoms with Crippen molar-refractivity contribution in [3.05, 3.63) is 58.7 Å². The molecule has 0 spiro atoms. The number of nitrogens with one attached hydrogen (secondary N) is 1. The van der Waals surface area contributed by atoms with Gasteiger partial charge in [-0.3, -0.25) is 4.79 Å². The highest BCUT2D eigenvalue weighted by Crippen LogP contribution is 2.43. The molecule has 48 heavy (non-hydrogen) atoms. The first-order valence-electron chi connectivity index (χ1n) is 17.0. The highest BCUT2D eigenvalue weighted by Gasteiger charge is 2.41. The lowest BCUT2D eigenvalue weighted by Gasteiger charge is -2.42. The van der Waals surface area contributed by atoms with Crippen LogP contribution in [-0.2, 0) is 29.0 Å². The summed E-state index contributed by atoms with van der Waals surface area (Å²) in [6.45, 7) is 5.64. The highest BCUT2D eigenvalue weighted by molar-refractivity contribution is 5.86. The van der Waals surface area contributed by atoms with Gasteiger partial charge in [0.05, 0.1) is 31.4 Å². The molecule has 3 heterocycles. The predicted octanol–water partition coefficient (Wildman–Crippen LogP) is 7.27. The van der Waals surface area contributed by atoms with Crippen molar-refractivity contribution in [3.8, 4) is 11.5 Å². The molecule has 0 saturated carbocycles. The lowest BCUT2D eigenvalue weighted by molar-refractivity contribution is -0.143. The van der Waals surface area contributed by atoms with E-state index in [0.717, 1.165) is 57.3 Å². The summed E-state index contributed by atoms with van der Waals surface area (Å²) in [5, 5.41) is 3.28. The standard InChI is InChI=1S/C36H47F6N3O3/c1-47-32-8-7-26(23-33(32)48-2)34(12-18-44-16-9-29(10-17-44)45-14-4-3-5-15-45)11-6-13-43-30(24-34)31(46)21-25-19-27(35(37,38)39)22-28(20-25)36(40,41)42/h7-8,19-20,22-23,29-30,43H,3-6,9-18,21,24H2,1-2H3. The van der Waals surface area contributed by atoms with Gasteiger partial charge in [0.25, 0.3) is 0 Å². The van der Waals surface area contributed by atoms with Crippen molar-refractivity contribution in [3.63, 3.8) is 0 Å². The molecule has 0 amide bonds. The minimum atomic E-state index is -4.98. The molecular formula is C36H47F6N3O3. The molecule has 0 bridgehead atoms. The third-order valence-electron chi connectivity index (χ3n) is 10.6. The number of rotatable bonds is 10. The first-order valence-corrected chi connectivity index (χ1v) is 17.0. The van der Waals surface area contributed by atoms with Crippen molar-refractivity contribution >= 4 is 5.78 Å². The van der Waals surface area contributed by atoms with Gasteiger partial charge >= 0.3 is 12.4 Å². The topological polar surface area (TPSA) is 54.0 Å². The summed E-state index contributed by atoms with van der Waals surface area (Å²) in [4.78, 5) is 18.9. The predicted molar refractivity (Wildman–Crippen MR) is 172 cm³/mol. The smallest absolute Gasteiger partial charge is 0.416 e. The molecule has 12 heteroatoms. The van der Waals surface area contributed by atoms with E-state index in [0.29, 0.717) is 42.6 Å². The zero-order valence-electron chi connectivity index (χ0n) is 27.8. The Morgan fingerprint density at radius 3 is 2.10 bits per heavy atom. The number of ether oxygens (including phenoxy) is 2. The normalized spacial score (nSPS) is 23.9. The fraction of sp³-hybridized carbons (Fsp3) is 0.639. The van der Waals surface area contributed by atoms with Crippen LogP contribution in [0.15, 0.2) is 36.4 Å². The van der Waals surface area contributed by atoms with Crippen LogP contribution in [0, 0.1) is 0 Å². The van der Waals surface area contributed by atoms with E-state index < -0.39 is 47.1 Å². The number of alkyl halides is 6. The average molecular weight is 684 g/mol. The molecule has 3 saturated heterocycles. The number of benzene rings is 2. The van der Waals surface area contributed by atoms with E-state index in [-0.39, 0.29) is 11.6 Å². The molecule has 266 valence electrons. The molecule has 0 aromatic heterocycles. The lowest BCUT2D eigenvalue weighted by atomic mass is 9.69. The molecule has 0 radical (unpaired) electrons. The van der Waals surface area contributed by atoms with E-state index in [9.17, 15) is 31.1 Å². The fourth-order valence-electron chi connectivity index (χ4n) is 7.90. The Morgan fingerprint density at radius 1 is 0.854 bits per heavy atom. The van der Waals surface area contributed by atoms with Gasteiger partial charge < -0.3 is 24.6 Å². The number of nitrogens with zero attached hydrogens (tertiary/aromatic N) is 2. The molecule has 2 aromatic rings. The summed E-state index contributed by atoms with van der Waals surface area (Å²) in [7, 11) is 3.12. The Bertz CT molecular complexity index is 1350. The maximum absolute atomic E-state index is 13.8. The third-order valence-corrected chi connectivity index (χ3v) is 10.6. The van der Waals surface area contributed by atoms with Crippen LogP contribution in [0.3, 0.4) is 0 Å². The van der Waals surface area contributed by atoms with Crippen LogP contribution < -0.4 is 14.8 Å². The minimum absolute atomic E-state index is 0.0926. The van der Waals surface area contributed by atoms with Crippen LogP contribution in [0.25, 0.3) is 0 Å². The SMILES string of the molecule is COc1ccc(C2(CCN3CCC(N4CCCCC4)CC3)CCCNC(C(=O)Cc3cc(C(F)(F)F)cc(C(F)(F)F)c3)C2)cc1OC. The number of carbonyl (C=O) groups is 1. The van der Waals surface area contributed by atoms with E-state index in [1.807, 2.05) is 18.2 Å². The Labute approximate surface area is 279 Å². The van der Waals surface area contributed by atoms with E-state index in [1.165, 1.54) is 32.4 Å². The summed E-state index contributed by atoms with van der Waals surface area (Å²) in [6, 6.07) is 7.02. The summed E-state index contributed by atoms with van der Waals surface area (Å²) < 4.78 is 92.4. The molecule has 3 fully saturated rings. The maximum Gasteiger partial charge on any atom is 0.416 e. The van der Waals surface area contributed by atoms with Gasteiger partial charge in [0, 0.05) is 12.5 Å². The molecule has 1 N–H and O–H groups in total. The van der Waals surface area contributed by atoms with Crippen molar-refractivity contribution in [1.82, 2.24) is 15.1 Å². The second-order valence-electron chi connectivity index (χ2n) is 13.6. The number of hydrogen-bond donors (Lipinski definition) is 1. The molecule has 2 atom stereocenters. The Balaban J connectivity index is 1.38. The molecule has 6 nitrogen and oxygen atoms in total. The summed E-state index contributed by atoms with van der Waals surface area (Å²) in [6.07, 6.45) is -1.85. The first-order chi connectivity index (χ1) is 22.8. The Morgan fingerprint density at radius 2 is 1.50 bits per heavy atom. The van der Waals surface area contributed by atoms with Crippen LogP contribution in [0.5, 0.6) is 11.5 Å². The quantitative estimate of drug-likeness (QED) is 0.266. The largest absolute Gasteiger partial charge is 0.493 e. The first kappa shape index (κ1) is 36.5. The van der Waals surface area contributed by atoms with Crippen molar-refractivity contribution < 1.29 is 40.6 Å². The summed E-state index contributed by atoms with van der Waals surface area (Å²) in [5.74, 6) is 0.692. The molecule has 3 aliphatic heterocycles. The van der Waals surface area contributed by atoms with E-state index >= 15 is 0 Å². The van der Waals surface area contributed by atoms with Gasteiger partial charge in [-0.15, -0.1) is 0 Å². The molecular weight excluding hydrogens is 636 g/mol. The Kier molecular flexibility index (Phi) is 11.7. The zero-order chi connectivity index (χ0) is 34.5.